The van der Waals surface area contributed by atoms with E-state index in [0.29, 0.717) is 11.5 Å². The lowest BCUT2D eigenvalue weighted by Crippen LogP contribution is -2.23. The molecule has 166 valence electrons. The van der Waals surface area contributed by atoms with Gasteiger partial charge in [-0.15, -0.1) is 0 Å². The lowest BCUT2D eigenvalue weighted by atomic mass is 9.83. The van der Waals surface area contributed by atoms with Crippen molar-refractivity contribution in [2.24, 2.45) is 0 Å². The molecule has 4 rings (SSSR count). The largest absolute Gasteiger partial charge is 0.395 e. The highest BCUT2D eigenvalue weighted by molar-refractivity contribution is 5.68. The first-order valence-corrected chi connectivity index (χ1v) is 10.8. The Kier molecular flexibility index (Phi) is 5.96. The van der Waals surface area contributed by atoms with E-state index in [4.69, 9.17) is 4.98 Å². The van der Waals surface area contributed by atoms with Gasteiger partial charge in [-0.2, -0.15) is 10.4 Å². The number of aromatic nitrogens is 4. The molecule has 0 aliphatic heterocycles. The van der Waals surface area contributed by atoms with E-state index in [0.717, 1.165) is 59.8 Å². The van der Waals surface area contributed by atoms with Gasteiger partial charge in [-0.1, -0.05) is 6.92 Å². The first-order valence-electron chi connectivity index (χ1n) is 10.8. The maximum absolute atomic E-state index is 9.98. The molecule has 8 nitrogen and oxygen atoms in total. The van der Waals surface area contributed by atoms with E-state index < -0.39 is 0 Å². The van der Waals surface area contributed by atoms with Crippen LogP contribution in [0.25, 0.3) is 11.3 Å². The molecule has 1 unspecified atom stereocenters. The summed E-state index contributed by atoms with van der Waals surface area (Å²) in [7, 11) is 4.06. The van der Waals surface area contributed by atoms with Crippen molar-refractivity contribution in [3.8, 4) is 17.3 Å². The Morgan fingerprint density at radius 3 is 2.84 bits per heavy atom. The molecule has 0 amide bonds. The number of benzene rings is 1. The van der Waals surface area contributed by atoms with Gasteiger partial charge in [-0.3, -0.25) is 0 Å². The normalized spacial score (nSPS) is 17.4. The second kappa shape index (κ2) is 8.69. The summed E-state index contributed by atoms with van der Waals surface area (Å²) >= 11 is 0. The Hall–Kier alpha value is -3.28. The van der Waals surface area contributed by atoms with Crippen LogP contribution in [0.4, 0.5) is 11.8 Å². The summed E-state index contributed by atoms with van der Waals surface area (Å²) in [6, 6.07) is 10.1. The minimum Gasteiger partial charge on any atom is -0.395 e. The number of aliphatic hydroxyl groups is 1. The highest BCUT2D eigenvalue weighted by Crippen LogP contribution is 2.42. The quantitative estimate of drug-likeness (QED) is 0.593. The van der Waals surface area contributed by atoms with E-state index in [1.54, 1.807) is 6.20 Å². The van der Waals surface area contributed by atoms with Crippen molar-refractivity contribution in [2.45, 2.75) is 38.6 Å². The van der Waals surface area contributed by atoms with Gasteiger partial charge < -0.3 is 15.3 Å². The van der Waals surface area contributed by atoms with Crippen molar-refractivity contribution in [1.29, 1.82) is 5.26 Å². The fourth-order valence-electron chi connectivity index (χ4n) is 4.23. The Balaban J connectivity index is 1.67. The van der Waals surface area contributed by atoms with Gasteiger partial charge >= 0.3 is 0 Å². The van der Waals surface area contributed by atoms with Crippen molar-refractivity contribution in [3.05, 3.63) is 52.8 Å². The van der Waals surface area contributed by atoms with E-state index in [2.05, 4.69) is 32.4 Å². The number of nitriles is 1. The predicted molar refractivity (Wildman–Crippen MR) is 124 cm³/mol. The molecule has 3 aromatic rings. The van der Waals surface area contributed by atoms with Crippen LogP contribution < -0.4 is 5.32 Å². The maximum Gasteiger partial charge on any atom is 0.228 e. The third-order valence-corrected chi connectivity index (χ3v) is 6.15. The van der Waals surface area contributed by atoms with Crippen LogP contribution >= 0.6 is 0 Å². The second-order valence-corrected chi connectivity index (χ2v) is 8.97. The topological polar surface area (TPSA) is 103 Å². The summed E-state index contributed by atoms with van der Waals surface area (Å²) in [4.78, 5) is 11.2. The number of nitrogens with one attached hydrogen (secondary N) is 1. The van der Waals surface area contributed by atoms with Gasteiger partial charge in [0.25, 0.3) is 0 Å². The van der Waals surface area contributed by atoms with Gasteiger partial charge in [0, 0.05) is 29.8 Å². The molecule has 0 saturated carbocycles. The molecular formula is C24H29N7O. The Labute approximate surface area is 188 Å². The standard InChI is InChI=1S/C24H29N7O/c1-16-11-22(31(29-16)10-9-30(3)4)28-23-26-8-6-21(27-23)17-12-18(14-25)19-5-7-24(2,15-32)20(19)13-17/h6,8,11-13,32H,5,7,9-10,15H2,1-4H3,(H,26,27,28). The minimum atomic E-state index is -0.332. The van der Waals surface area contributed by atoms with Crippen LogP contribution in [0.5, 0.6) is 0 Å². The number of rotatable bonds is 7. The first-order chi connectivity index (χ1) is 15.3. The zero-order valence-electron chi connectivity index (χ0n) is 19.1. The Morgan fingerprint density at radius 1 is 1.31 bits per heavy atom. The lowest BCUT2D eigenvalue weighted by Gasteiger charge is -2.23. The Morgan fingerprint density at radius 2 is 2.12 bits per heavy atom. The summed E-state index contributed by atoms with van der Waals surface area (Å²) in [5, 5.41) is 27.5. The van der Waals surface area contributed by atoms with E-state index in [1.165, 1.54) is 0 Å². The minimum absolute atomic E-state index is 0.0567. The Bertz CT molecular complexity index is 1180. The summed E-state index contributed by atoms with van der Waals surface area (Å²) in [6.07, 6.45) is 3.36. The fourth-order valence-corrected chi connectivity index (χ4v) is 4.23. The van der Waals surface area contributed by atoms with Crippen molar-refractivity contribution < 1.29 is 5.11 Å². The molecule has 1 aliphatic rings. The van der Waals surface area contributed by atoms with Gasteiger partial charge in [0.2, 0.25) is 5.95 Å². The predicted octanol–water partition coefficient (Wildman–Crippen LogP) is 3.02. The van der Waals surface area contributed by atoms with Gasteiger partial charge in [0.05, 0.1) is 36.2 Å². The van der Waals surface area contributed by atoms with E-state index in [-0.39, 0.29) is 12.0 Å². The molecular weight excluding hydrogens is 402 g/mol. The molecule has 8 heteroatoms. The average molecular weight is 432 g/mol. The van der Waals surface area contributed by atoms with Gasteiger partial charge in [-0.25, -0.2) is 14.6 Å². The molecule has 0 bridgehead atoms. The number of nitrogens with zero attached hydrogens (tertiary/aromatic N) is 6. The number of fused-ring (bicyclic) bond motifs is 1. The van der Waals surface area contributed by atoms with Crippen molar-refractivity contribution in [1.82, 2.24) is 24.6 Å². The first kappa shape index (κ1) is 21.9. The smallest absolute Gasteiger partial charge is 0.228 e. The van der Waals surface area contributed by atoms with Crippen LogP contribution in [0.1, 0.15) is 35.7 Å². The number of aryl methyl sites for hydroxylation is 1. The molecule has 0 fully saturated rings. The third kappa shape index (κ3) is 4.22. The van der Waals surface area contributed by atoms with Gasteiger partial charge in [-0.05, 0) is 63.2 Å². The van der Waals surface area contributed by atoms with Crippen molar-refractivity contribution >= 4 is 11.8 Å². The molecule has 0 saturated heterocycles. The molecule has 2 aromatic heterocycles. The zero-order valence-corrected chi connectivity index (χ0v) is 19.1. The van der Waals surface area contributed by atoms with Crippen molar-refractivity contribution in [3.63, 3.8) is 0 Å². The van der Waals surface area contributed by atoms with Crippen LogP contribution in [-0.2, 0) is 18.4 Å². The van der Waals surface area contributed by atoms with Crippen LogP contribution in [-0.4, -0.2) is 57.0 Å². The number of hydrogen-bond acceptors (Lipinski definition) is 7. The van der Waals surface area contributed by atoms with Gasteiger partial charge in [0.1, 0.15) is 5.82 Å². The number of aliphatic hydroxyl groups excluding tert-OH is 1. The van der Waals surface area contributed by atoms with Crippen LogP contribution in [0.3, 0.4) is 0 Å². The molecule has 1 atom stereocenters. The number of hydrogen-bond donors (Lipinski definition) is 2. The molecule has 1 aromatic carbocycles. The molecule has 2 heterocycles. The van der Waals surface area contributed by atoms with Gasteiger partial charge in [0.15, 0.2) is 0 Å². The SMILES string of the molecule is Cc1cc(Nc2nccc(-c3cc(C#N)c4c(c3)C(C)(CO)CC4)n2)n(CCN(C)C)n1. The summed E-state index contributed by atoms with van der Waals surface area (Å²) in [5.41, 5.74) is 4.90. The average Bonchev–Trinajstić information content (AvgIpc) is 3.31. The van der Waals surface area contributed by atoms with Crippen molar-refractivity contribution in [2.75, 3.05) is 32.6 Å². The molecule has 1 aliphatic carbocycles. The number of anilines is 2. The monoisotopic (exact) mass is 431 g/mol. The summed E-state index contributed by atoms with van der Waals surface area (Å²) in [5.74, 6) is 1.30. The second-order valence-electron chi connectivity index (χ2n) is 8.97. The lowest BCUT2D eigenvalue weighted by molar-refractivity contribution is 0.206. The molecule has 2 N–H and O–H groups in total. The van der Waals surface area contributed by atoms with Crippen LogP contribution in [0.15, 0.2) is 30.5 Å². The van der Waals surface area contributed by atoms with E-state index in [1.807, 2.05) is 50.8 Å². The van der Waals surface area contributed by atoms with Crippen LogP contribution in [0, 0.1) is 18.3 Å². The number of likely N-dealkylation sites (N-methyl/N-ethyl adjacent to an activating group) is 1. The molecule has 32 heavy (non-hydrogen) atoms. The summed E-state index contributed by atoms with van der Waals surface area (Å²) in [6.45, 7) is 5.68. The summed E-state index contributed by atoms with van der Waals surface area (Å²) < 4.78 is 1.92. The maximum atomic E-state index is 9.98. The highest BCUT2D eigenvalue weighted by atomic mass is 16.3. The zero-order chi connectivity index (χ0) is 22.9. The van der Waals surface area contributed by atoms with Crippen LogP contribution in [0.2, 0.25) is 0 Å². The fraction of sp³-hybridized carbons (Fsp3) is 0.417. The molecule has 0 radical (unpaired) electrons. The van der Waals surface area contributed by atoms with E-state index >= 15 is 0 Å². The highest BCUT2D eigenvalue weighted by Gasteiger charge is 2.35. The van der Waals surface area contributed by atoms with E-state index in [9.17, 15) is 10.4 Å². The molecule has 0 spiro atoms. The third-order valence-electron chi connectivity index (χ3n) is 6.15.